The maximum absolute atomic E-state index is 12.1. The van der Waals surface area contributed by atoms with Gasteiger partial charge in [-0.15, -0.1) is 0 Å². The van der Waals surface area contributed by atoms with E-state index in [2.05, 4.69) is 10.6 Å². The average molecular weight is 284 g/mol. The first-order valence-electron chi connectivity index (χ1n) is 7.39. The summed E-state index contributed by atoms with van der Waals surface area (Å²) >= 11 is 0. The SMILES string of the molecule is CC1(NC(=O)NC2CCCCC2C(=O)O)CCCOC1. The Morgan fingerprint density at radius 2 is 2.00 bits per heavy atom. The minimum Gasteiger partial charge on any atom is -0.481 e. The van der Waals surface area contributed by atoms with E-state index in [0.29, 0.717) is 13.0 Å². The zero-order valence-corrected chi connectivity index (χ0v) is 12.0. The second-order valence-electron chi connectivity index (χ2n) is 6.15. The monoisotopic (exact) mass is 284 g/mol. The normalized spacial score (nSPS) is 34.2. The molecule has 2 aliphatic rings. The van der Waals surface area contributed by atoms with Gasteiger partial charge in [0.25, 0.3) is 0 Å². The van der Waals surface area contributed by atoms with Crippen molar-refractivity contribution in [1.29, 1.82) is 0 Å². The van der Waals surface area contributed by atoms with E-state index in [0.717, 1.165) is 38.7 Å². The molecule has 1 aliphatic carbocycles. The number of ether oxygens (including phenoxy) is 1. The van der Waals surface area contributed by atoms with Crippen molar-refractivity contribution in [2.45, 2.75) is 57.0 Å². The predicted molar refractivity (Wildman–Crippen MR) is 73.5 cm³/mol. The molecular formula is C14H24N2O4. The van der Waals surface area contributed by atoms with Gasteiger partial charge in [0.2, 0.25) is 0 Å². The molecule has 0 radical (unpaired) electrons. The first-order valence-corrected chi connectivity index (χ1v) is 7.39. The number of carbonyl (C=O) groups is 2. The Bertz CT molecular complexity index is 366. The maximum atomic E-state index is 12.1. The molecule has 2 rings (SSSR count). The third-order valence-electron chi connectivity index (χ3n) is 4.25. The van der Waals surface area contributed by atoms with Gasteiger partial charge in [0, 0.05) is 12.6 Å². The van der Waals surface area contributed by atoms with Gasteiger partial charge in [-0.3, -0.25) is 4.79 Å². The van der Waals surface area contributed by atoms with Crippen molar-refractivity contribution < 1.29 is 19.4 Å². The number of urea groups is 1. The summed E-state index contributed by atoms with van der Waals surface area (Å²) in [6.45, 7) is 3.21. The molecule has 3 unspecified atom stereocenters. The van der Waals surface area contributed by atoms with Crippen molar-refractivity contribution in [2.75, 3.05) is 13.2 Å². The van der Waals surface area contributed by atoms with E-state index in [4.69, 9.17) is 4.74 Å². The van der Waals surface area contributed by atoms with E-state index in [1.54, 1.807) is 0 Å². The van der Waals surface area contributed by atoms with Crippen molar-refractivity contribution in [1.82, 2.24) is 10.6 Å². The molecule has 2 amide bonds. The highest BCUT2D eigenvalue weighted by molar-refractivity contribution is 5.77. The lowest BCUT2D eigenvalue weighted by atomic mass is 9.84. The minimum atomic E-state index is -0.817. The summed E-state index contributed by atoms with van der Waals surface area (Å²) in [6, 6.07) is -0.550. The third-order valence-corrected chi connectivity index (χ3v) is 4.25. The molecule has 1 saturated carbocycles. The molecule has 0 aromatic heterocycles. The van der Waals surface area contributed by atoms with Gasteiger partial charge < -0.3 is 20.5 Å². The van der Waals surface area contributed by atoms with Crippen molar-refractivity contribution in [3.63, 3.8) is 0 Å². The Morgan fingerprint density at radius 3 is 2.65 bits per heavy atom. The number of hydrogen-bond donors (Lipinski definition) is 3. The predicted octanol–water partition coefficient (Wildman–Crippen LogP) is 1.50. The fraction of sp³-hybridized carbons (Fsp3) is 0.857. The number of nitrogens with one attached hydrogen (secondary N) is 2. The van der Waals surface area contributed by atoms with Crippen LogP contribution in [0.4, 0.5) is 4.79 Å². The molecule has 2 fully saturated rings. The van der Waals surface area contributed by atoms with Gasteiger partial charge in [-0.05, 0) is 32.6 Å². The van der Waals surface area contributed by atoms with Gasteiger partial charge in [-0.25, -0.2) is 4.79 Å². The van der Waals surface area contributed by atoms with Crippen LogP contribution < -0.4 is 10.6 Å². The molecule has 20 heavy (non-hydrogen) atoms. The van der Waals surface area contributed by atoms with Gasteiger partial charge in [0.1, 0.15) is 0 Å². The number of hydrogen-bond acceptors (Lipinski definition) is 3. The van der Waals surface area contributed by atoms with Crippen LogP contribution in [0.3, 0.4) is 0 Å². The topological polar surface area (TPSA) is 87.7 Å². The molecule has 3 atom stereocenters. The summed E-state index contributed by atoms with van der Waals surface area (Å²) in [6.07, 6.45) is 5.07. The van der Waals surface area contributed by atoms with Gasteiger partial charge in [0.05, 0.1) is 18.1 Å². The molecule has 0 aromatic rings. The highest BCUT2D eigenvalue weighted by Gasteiger charge is 2.34. The smallest absolute Gasteiger partial charge is 0.315 e. The van der Waals surface area contributed by atoms with Crippen LogP contribution in [-0.2, 0) is 9.53 Å². The first kappa shape index (κ1) is 15.1. The molecule has 1 aliphatic heterocycles. The quantitative estimate of drug-likeness (QED) is 0.733. The number of carboxylic acids is 1. The second kappa shape index (κ2) is 6.43. The van der Waals surface area contributed by atoms with Crippen LogP contribution in [0, 0.1) is 5.92 Å². The Labute approximate surface area is 119 Å². The van der Waals surface area contributed by atoms with Crippen LogP contribution in [0.2, 0.25) is 0 Å². The highest BCUT2D eigenvalue weighted by atomic mass is 16.5. The van der Waals surface area contributed by atoms with Crippen LogP contribution in [-0.4, -0.2) is 41.9 Å². The molecule has 114 valence electrons. The fourth-order valence-electron chi connectivity index (χ4n) is 3.11. The molecule has 0 bridgehead atoms. The standard InChI is InChI=1S/C14H24N2O4/c1-14(7-4-8-20-9-14)16-13(19)15-11-6-3-2-5-10(11)12(17)18/h10-11H,2-9H2,1H3,(H,17,18)(H2,15,16,19). The summed E-state index contributed by atoms with van der Waals surface area (Å²) < 4.78 is 5.40. The van der Waals surface area contributed by atoms with E-state index in [1.165, 1.54) is 0 Å². The largest absolute Gasteiger partial charge is 0.481 e. The third kappa shape index (κ3) is 3.85. The zero-order chi connectivity index (χ0) is 14.6. The maximum Gasteiger partial charge on any atom is 0.315 e. The van der Waals surface area contributed by atoms with Gasteiger partial charge >= 0.3 is 12.0 Å². The van der Waals surface area contributed by atoms with Gasteiger partial charge in [0.15, 0.2) is 0 Å². The summed E-state index contributed by atoms with van der Waals surface area (Å²) in [5.74, 6) is -1.29. The highest BCUT2D eigenvalue weighted by Crippen LogP contribution is 2.25. The molecule has 0 spiro atoms. The molecular weight excluding hydrogens is 260 g/mol. The Kier molecular flexibility index (Phi) is 4.86. The molecule has 0 aromatic carbocycles. The van der Waals surface area contributed by atoms with Crippen LogP contribution in [0.5, 0.6) is 0 Å². The molecule has 6 nitrogen and oxygen atoms in total. The Balaban J connectivity index is 1.87. The number of amides is 2. The molecule has 3 N–H and O–H groups in total. The number of carboxylic acid groups (broad SMARTS) is 1. The van der Waals surface area contributed by atoms with Crippen molar-refractivity contribution in [3.05, 3.63) is 0 Å². The zero-order valence-electron chi connectivity index (χ0n) is 12.0. The second-order valence-corrected chi connectivity index (χ2v) is 6.15. The van der Waals surface area contributed by atoms with Crippen molar-refractivity contribution in [3.8, 4) is 0 Å². The number of carbonyl (C=O) groups excluding carboxylic acids is 1. The average Bonchev–Trinajstić information content (AvgIpc) is 2.39. The fourth-order valence-corrected chi connectivity index (χ4v) is 3.11. The van der Waals surface area contributed by atoms with E-state index >= 15 is 0 Å². The lowest BCUT2D eigenvalue weighted by molar-refractivity contribution is -0.143. The summed E-state index contributed by atoms with van der Waals surface area (Å²) in [7, 11) is 0. The van der Waals surface area contributed by atoms with E-state index in [9.17, 15) is 14.7 Å². The summed E-state index contributed by atoms with van der Waals surface area (Å²) in [5.41, 5.74) is -0.351. The van der Waals surface area contributed by atoms with E-state index in [-0.39, 0.29) is 17.6 Å². The van der Waals surface area contributed by atoms with Gasteiger partial charge in [-0.2, -0.15) is 0 Å². The molecule has 1 saturated heterocycles. The van der Waals surface area contributed by atoms with E-state index < -0.39 is 11.9 Å². The summed E-state index contributed by atoms with van der Waals surface area (Å²) in [5, 5.41) is 15.0. The van der Waals surface area contributed by atoms with Crippen LogP contribution >= 0.6 is 0 Å². The van der Waals surface area contributed by atoms with Crippen LogP contribution in [0.1, 0.15) is 45.4 Å². The van der Waals surface area contributed by atoms with Crippen molar-refractivity contribution >= 4 is 12.0 Å². The Hall–Kier alpha value is -1.30. The Morgan fingerprint density at radius 1 is 1.25 bits per heavy atom. The number of rotatable bonds is 3. The lowest BCUT2D eigenvalue weighted by Gasteiger charge is -2.36. The van der Waals surface area contributed by atoms with Crippen LogP contribution in [0.25, 0.3) is 0 Å². The van der Waals surface area contributed by atoms with Crippen LogP contribution in [0.15, 0.2) is 0 Å². The first-order chi connectivity index (χ1) is 9.50. The molecule has 6 heteroatoms. The van der Waals surface area contributed by atoms with Gasteiger partial charge in [-0.1, -0.05) is 12.8 Å². The van der Waals surface area contributed by atoms with Crippen molar-refractivity contribution in [2.24, 2.45) is 5.92 Å². The molecule has 1 heterocycles. The number of aliphatic carboxylic acids is 1. The van der Waals surface area contributed by atoms with E-state index in [1.807, 2.05) is 6.92 Å². The minimum absolute atomic E-state index is 0.269. The lowest BCUT2D eigenvalue weighted by Crippen LogP contribution is -2.57. The summed E-state index contributed by atoms with van der Waals surface area (Å²) in [4.78, 5) is 23.3.